The average molecular weight is 254 g/mol. The van der Waals surface area contributed by atoms with Gasteiger partial charge in [-0.2, -0.15) is 0 Å². The van der Waals surface area contributed by atoms with Gasteiger partial charge in [0.1, 0.15) is 5.82 Å². The van der Waals surface area contributed by atoms with Crippen LogP contribution in [0.4, 0.5) is 5.82 Å². The molecule has 3 rings (SSSR count). The summed E-state index contributed by atoms with van der Waals surface area (Å²) in [6.07, 6.45) is 8.13. The summed E-state index contributed by atoms with van der Waals surface area (Å²) in [6, 6.07) is 4.02. The van der Waals surface area contributed by atoms with E-state index in [4.69, 9.17) is 0 Å². The van der Waals surface area contributed by atoms with Crippen LogP contribution in [0.2, 0.25) is 0 Å². The van der Waals surface area contributed by atoms with Crippen LogP contribution in [0.1, 0.15) is 11.4 Å². The molecule has 0 saturated heterocycles. The van der Waals surface area contributed by atoms with Crippen molar-refractivity contribution in [2.45, 2.75) is 13.3 Å². The fourth-order valence-electron chi connectivity index (χ4n) is 1.94. The van der Waals surface area contributed by atoms with Crippen LogP contribution < -0.4 is 5.32 Å². The lowest BCUT2D eigenvalue weighted by Crippen LogP contribution is -2.08. The maximum atomic E-state index is 4.30. The molecule has 19 heavy (non-hydrogen) atoms. The van der Waals surface area contributed by atoms with Gasteiger partial charge in [-0.15, -0.1) is 10.2 Å². The van der Waals surface area contributed by atoms with Gasteiger partial charge < -0.3 is 5.32 Å². The van der Waals surface area contributed by atoms with E-state index in [1.165, 1.54) is 5.56 Å². The lowest BCUT2D eigenvalue weighted by atomic mass is 10.2. The van der Waals surface area contributed by atoms with Crippen LogP contribution in [0.5, 0.6) is 0 Å². The molecule has 96 valence electrons. The minimum Gasteiger partial charge on any atom is -0.367 e. The number of aryl methyl sites for hydroxylation is 1. The zero-order valence-electron chi connectivity index (χ0n) is 10.6. The van der Waals surface area contributed by atoms with Gasteiger partial charge in [0, 0.05) is 31.3 Å². The lowest BCUT2D eigenvalue weighted by Gasteiger charge is -2.06. The number of nitrogens with one attached hydrogen (secondary N) is 1. The maximum absolute atomic E-state index is 4.30. The van der Waals surface area contributed by atoms with Crippen molar-refractivity contribution in [3.05, 3.63) is 48.3 Å². The van der Waals surface area contributed by atoms with Crippen LogP contribution in [-0.2, 0) is 6.42 Å². The number of hydrogen-bond acceptors (Lipinski definition) is 5. The Kier molecular flexibility index (Phi) is 3.06. The highest BCUT2D eigenvalue weighted by molar-refractivity contribution is 5.61. The molecule has 0 aliphatic heterocycles. The third-order valence-electron chi connectivity index (χ3n) is 2.95. The smallest absolute Gasteiger partial charge is 0.203 e. The second-order valence-corrected chi connectivity index (χ2v) is 4.25. The van der Waals surface area contributed by atoms with Crippen LogP contribution in [0.3, 0.4) is 0 Å². The van der Waals surface area contributed by atoms with E-state index >= 15 is 0 Å². The Hall–Kier alpha value is -2.50. The molecule has 0 spiro atoms. The molecule has 0 fully saturated rings. The van der Waals surface area contributed by atoms with E-state index in [1.54, 1.807) is 18.6 Å². The fraction of sp³-hybridized carbons (Fsp3) is 0.231. The Morgan fingerprint density at radius 1 is 1.16 bits per heavy atom. The molecule has 0 aliphatic carbocycles. The molecule has 0 aromatic carbocycles. The summed E-state index contributed by atoms with van der Waals surface area (Å²) in [4.78, 5) is 8.31. The first-order valence-electron chi connectivity index (χ1n) is 6.14. The molecule has 0 atom stereocenters. The molecular formula is C13H14N6. The van der Waals surface area contributed by atoms with Crippen LogP contribution in [0.25, 0.3) is 5.65 Å². The highest BCUT2D eigenvalue weighted by Gasteiger charge is 2.06. The van der Waals surface area contributed by atoms with Crippen molar-refractivity contribution < 1.29 is 0 Å². The second-order valence-electron chi connectivity index (χ2n) is 4.25. The summed E-state index contributed by atoms with van der Waals surface area (Å²) in [5.74, 6) is 1.62. The zero-order valence-corrected chi connectivity index (χ0v) is 10.6. The summed E-state index contributed by atoms with van der Waals surface area (Å²) in [5, 5.41) is 11.5. The number of aromatic nitrogens is 5. The van der Waals surface area contributed by atoms with Gasteiger partial charge >= 0.3 is 0 Å². The van der Waals surface area contributed by atoms with Gasteiger partial charge in [-0.05, 0) is 31.0 Å². The summed E-state index contributed by atoms with van der Waals surface area (Å²) in [6.45, 7) is 2.71. The highest BCUT2D eigenvalue weighted by atomic mass is 15.3. The van der Waals surface area contributed by atoms with Gasteiger partial charge in [0.05, 0.1) is 0 Å². The Morgan fingerprint density at radius 3 is 2.84 bits per heavy atom. The third kappa shape index (κ3) is 2.37. The molecule has 0 amide bonds. The van der Waals surface area contributed by atoms with Gasteiger partial charge in [0.25, 0.3) is 0 Å². The van der Waals surface area contributed by atoms with E-state index in [-0.39, 0.29) is 0 Å². The van der Waals surface area contributed by atoms with Crippen molar-refractivity contribution in [2.75, 3.05) is 11.9 Å². The summed E-state index contributed by atoms with van der Waals surface area (Å²) >= 11 is 0. The first-order chi connectivity index (χ1) is 9.34. The quantitative estimate of drug-likeness (QED) is 0.763. The van der Waals surface area contributed by atoms with Gasteiger partial charge in [-0.3, -0.25) is 9.38 Å². The second kappa shape index (κ2) is 5.01. The minimum absolute atomic E-state index is 0.759. The van der Waals surface area contributed by atoms with Gasteiger partial charge in [-0.25, -0.2) is 4.98 Å². The van der Waals surface area contributed by atoms with Crippen molar-refractivity contribution in [2.24, 2.45) is 0 Å². The maximum Gasteiger partial charge on any atom is 0.203 e. The van der Waals surface area contributed by atoms with Crippen molar-refractivity contribution in [1.29, 1.82) is 0 Å². The normalized spacial score (nSPS) is 10.8. The summed E-state index contributed by atoms with van der Waals surface area (Å²) in [7, 11) is 0. The molecule has 3 aromatic rings. The van der Waals surface area contributed by atoms with E-state index in [0.717, 1.165) is 30.3 Å². The minimum atomic E-state index is 0.759. The molecular weight excluding hydrogens is 240 g/mol. The van der Waals surface area contributed by atoms with Gasteiger partial charge in [0.15, 0.2) is 5.82 Å². The molecule has 0 unspecified atom stereocenters. The fourth-order valence-corrected chi connectivity index (χ4v) is 1.94. The predicted octanol–water partition coefficient (Wildman–Crippen LogP) is 1.48. The third-order valence-corrected chi connectivity index (χ3v) is 2.95. The molecule has 0 radical (unpaired) electrons. The van der Waals surface area contributed by atoms with Crippen LogP contribution >= 0.6 is 0 Å². The summed E-state index contributed by atoms with van der Waals surface area (Å²) < 4.78 is 1.92. The first-order valence-corrected chi connectivity index (χ1v) is 6.14. The predicted molar refractivity (Wildman–Crippen MR) is 71.9 cm³/mol. The molecule has 1 N–H and O–H groups in total. The Bertz CT molecular complexity index is 676. The zero-order chi connectivity index (χ0) is 13.1. The van der Waals surface area contributed by atoms with E-state index in [9.17, 15) is 0 Å². The van der Waals surface area contributed by atoms with E-state index in [0.29, 0.717) is 0 Å². The molecule has 3 heterocycles. The van der Waals surface area contributed by atoms with Crippen LogP contribution in [0.15, 0.2) is 36.9 Å². The molecule has 6 heteroatoms. The number of hydrogen-bond donors (Lipinski definition) is 1. The number of anilines is 1. The Balaban J connectivity index is 1.72. The molecule has 0 aliphatic rings. The highest BCUT2D eigenvalue weighted by Crippen LogP contribution is 2.11. The summed E-state index contributed by atoms with van der Waals surface area (Å²) in [5.41, 5.74) is 2.00. The monoisotopic (exact) mass is 254 g/mol. The van der Waals surface area contributed by atoms with Crippen LogP contribution in [-0.4, -0.2) is 31.1 Å². The van der Waals surface area contributed by atoms with Crippen molar-refractivity contribution >= 4 is 11.5 Å². The number of rotatable bonds is 4. The van der Waals surface area contributed by atoms with E-state index < -0.39 is 0 Å². The number of fused-ring (bicyclic) bond motifs is 1. The van der Waals surface area contributed by atoms with Crippen molar-refractivity contribution in [3.63, 3.8) is 0 Å². The number of pyridine rings is 1. The van der Waals surface area contributed by atoms with Gasteiger partial charge in [-0.1, -0.05) is 0 Å². The SMILES string of the molecule is Cc1nnc2c(NCCc3ccncc3)nccn12. The molecule has 0 bridgehead atoms. The molecule has 0 saturated carbocycles. The van der Waals surface area contributed by atoms with E-state index in [1.807, 2.05) is 29.7 Å². The number of nitrogens with zero attached hydrogens (tertiary/aromatic N) is 5. The van der Waals surface area contributed by atoms with Gasteiger partial charge in [0.2, 0.25) is 5.65 Å². The first kappa shape index (κ1) is 11.6. The Morgan fingerprint density at radius 2 is 2.00 bits per heavy atom. The molecule has 6 nitrogen and oxygen atoms in total. The largest absolute Gasteiger partial charge is 0.367 e. The lowest BCUT2D eigenvalue weighted by molar-refractivity contribution is 0.985. The average Bonchev–Trinajstić information content (AvgIpc) is 2.83. The standard InChI is InChI=1S/C13H14N6/c1-10-17-18-13-12(16-8-9-19(10)13)15-7-4-11-2-5-14-6-3-11/h2-3,5-6,8-9H,4,7H2,1H3,(H,15,16). The van der Waals surface area contributed by atoms with Crippen LogP contribution in [0, 0.1) is 6.92 Å². The topological polar surface area (TPSA) is 68.0 Å². The Labute approximate surface area is 110 Å². The van der Waals surface area contributed by atoms with E-state index in [2.05, 4.69) is 25.5 Å². The van der Waals surface area contributed by atoms with Crippen molar-refractivity contribution in [3.8, 4) is 0 Å². The molecule has 3 aromatic heterocycles. The van der Waals surface area contributed by atoms with Crippen molar-refractivity contribution in [1.82, 2.24) is 24.6 Å².